The lowest BCUT2D eigenvalue weighted by Crippen LogP contribution is -2.47. The Bertz CT molecular complexity index is 704. The highest BCUT2D eigenvalue weighted by Gasteiger charge is 2.25. The summed E-state index contributed by atoms with van der Waals surface area (Å²) >= 11 is 0. The quantitative estimate of drug-likeness (QED) is 0.758. The first-order valence-electron chi connectivity index (χ1n) is 9.81. The SMILES string of the molecule is CCOC(=O)N1CCC(NC(=O)CC(=O)Nc2ccccc2C(C)(C)C)CC1. The molecule has 1 fully saturated rings. The first-order valence-corrected chi connectivity index (χ1v) is 9.81. The number of ether oxygens (including phenoxy) is 1. The van der Waals surface area contributed by atoms with E-state index >= 15 is 0 Å². The molecule has 0 aromatic heterocycles. The summed E-state index contributed by atoms with van der Waals surface area (Å²) in [5.41, 5.74) is 1.64. The number of carbonyl (C=O) groups is 3. The summed E-state index contributed by atoms with van der Waals surface area (Å²) < 4.78 is 4.99. The Morgan fingerprint density at radius 2 is 1.75 bits per heavy atom. The molecule has 1 heterocycles. The van der Waals surface area contributed by atoms with Gasteiger partial charge in [0.15, 0.2) is 0 Å². The average molecular weight is 389 g/mol. The third kappa shape index (κ3) is 6.25. The summed E-state index contributed by atoms with van der Waals surface area (Å²) in [5.74, 6) is -0.640. The van der Waals surface area contributed by atoms with Crippen molar-refractivity contribution in [2.45, 2.75) is 58.4 Å². The van der Waals surface area contributed by atoms with Gasteiger partial charge in [-0.15, -0.1) is 0 Å². The summed E-state index contributed by atoms with van der Waals surface area (Å²) in [6.45, 7) is 9.43. The molecule has 0 saturated carbocycles. The van der Waals surface area contributed by atoms with E-state index in [1.165, 1.54) is 0 Å². The van der Waals surface area contributed by atoms with E-state index in [0.29, 0.717) is 32.5 Å². The van der Waals surface area contributed by atoms with Gasteiger partial charge < -0.3 is 20.3 Å². The maximum Gasteiger partial charge on any atom is 0.409 e. The zero-order chi connectivity index (χ0) is 20.7. The van der Waals surface area contributed by atoms with E-state index in [2.05, 4.69) is 31.4 Å². The van der Waals surface area contributed by atoms with Crippen molar-refractivity contribution in [3.05, 3.63) is 29.8 Å². The number of rotatable bonds is 5. The van der Waals surface area contributed by atoms with Crippen LogP contribution < -0.4 is 10.6 Å². The van der Waals surface area contributed by atoms with Crippen LogP contribution in [0.15, 0.2) is 24.3 Å². The Balaban J connectivity index is 1.81. The Hall–Kier alpha value is -2.57. The summed E-state index contributed by atoms with van der Waals surface area (Å²) in [4.78, 5) is 37.9. The van der Waals surface area contributed by atoms with Crippen molar-refractivity contribution in [1.82, 2.24) is 10.2 Å². The predicted octanol–water partition coefficient (Wildman–Crippen LogP) is 3.05. The minimum Gasteiger partial charge on any atom is -0.450 e. The number of amides is 3. The number of para-hydroxylation sites is 1. The Morgan fingerprint density at radius 1 is 1.11 bits per heavy atom. The van der Waals surface area contributed by atoms with E-state index in [4.69, 9.17) is 4.74 Å². The molecule has 1 aliphatic rings. The molecule has 0 aliphatic carbocycles. The Morgan fingerprint density at radius 3 is 2.36 bits per heavy atom. The van der Waals surface area contributed by atoms with Crippen molar-refractivity contribution >= 4 is 23.6 Å². The second-order valence-corrected chi connectivity index (χ2v) is 8.05. The van der Waals surface area contributed by atoms with Gasteiger partial charge in [0, 0.05) is 24.8 Å². The number of likely N-dealkylation sites (tertiary alicyclic amines) is 1. The lowest BCUT2D eigenvalue weighted by Gasteiger charge is -2.31. The van der Waals surface area contributed by atoms with Gasteiger partial charge >= 0.3 is 6.09 Å². The molecule has 2 rings (SSSR count). The molecular weight excluding hydrogens is 358 g/mol. The first kappa shape index (κ1) is 21.7. The van der Waals surface area contributed by atoms with Crippen molar-refractivity contribution in [3.63, 3.8) is 0 Å². The van der Waals surface area contributed by atoms with Crippen molar-refractivity contribution < 1.29 is 19.1 Å². The molecule has 1 aromatic rings. The minimum atomic E-state index is -0.335. The van der Waals surface area contributed by atoms with Gasteiger partial charge in [-0.1, -0.05) is 39.0 Å². The maximum absolute atomic E-state index is 12.3. The van der Waals surface area contributed by atoms with Gasteiger partial charge in [0.25, 0.3) is 0 Å². The zero-order valence-electron chi connectivity index (χ0n) is 17.2. The van der Waals surface area contributed by atoms with Crippen molar-refractivity contribution in [1.29, 1.82) is 0 Å². The van der Waals surface area contributed by atoms with Gasteiger partial charge in [0.1, 0.15) is 6.42 Å². The minimum absolute atomic E-state index is 0.0344. The highest BCUT2D eigenvalue weighted by atomic mass is 16.6. The van der Waals surface area contributed by atoms with Crippen LogP contribution in [0.2, 0.25) is 0 Å². The van der Waals surface area contributed by atoms with Gasteiger partial charge in [-0.3, -0.25) is 9.59 Å². The lowest BCUT2D eigenvalue weighted by molar-refractivity contribution is -0.127. The van der Waals surface area contributed by atoms with Crippen LogP contribution in [0, 0.1) is 0 Å². The molecule has 0 unspecified atom stereocenters. The summed E-state index contributed by atoms with van der Waals surface area (Å²) in [7, 11) is 0. The van der Waals surface area contributed by atoms with Crippen LogP contribution >= 0.6 is 0 Å². The number of benzene rings is 1. The molecule has 7 heteroatoms. The molecular formula is C21H31N3O4. The molecule has 1 aliphatic heterocycles. The van der Waals surface area contributed by atoms with Gasteiger partial charge in [-0.05, 0) is 36.8 Å². The topological polar surface area (TPSA) is 87.7 Å². The molecule has 1 saturated heterocycles. The fourth-order valence-corrected chi connectivity index (χ4v) is 3.29. The summed E-state index contributed by atoms with van der Waals surface area (Å²) in [5, 5.41) is 5.75. The molecule has 0 radical (unpaired) electrons. The number of hydrogen-bond donors (Lipinski definition) is 2. The third-order valence-electron chi connectivity index (χ3n) is 4.72. The molecule has 0 spiro atoms. The van der Waals surface area contributed by atoms with E-state index in [-0.39, 0.29) is 35.8 Å². The monoisotopic (exact) mass is 389 g/mol. The molecule has 7 nitrogen and oxygen atoms in total. The normalized spacial score (nSPS) is 15.1. The molecule has 2 N–H and O–H groups in total. The van der Waals surface area contributed by atoms with Gasteiger partial charge in [-0.25, -0.2) is 4.79 Å². The van der Waals surface area contributed by atoms with Crippen molar-refractivity contribution in [2.24, 2.45) is 0 Å². The number of hydrogen-bond acceptors (Lipinski definition) is 4. The second kappa shape index (κ2) is 9.57. The van der Waals surface area contributed by atoms with E-state index in [1.54, 1.807) is 11.8 Å². The Labute approximate surface area is 166 Å². The van der Waals surface area contributed by atoms with Crippen LogP contribution in [-0.2, 0) is 19.7 Å². The van der Waals surface area contributed by atoms with Gasteiger partial charge in [-0.2, -0.15) is 0 Å². The highest BCUT2D eigenvalue weighted by molar-refractivity contribution is 6.04. The second-order valence-electron chi connectivity index (χ2n) is 8.05. The predicted molar refractivity (Wildman–Crippen MR) is 108 cm³/mol. The lowest BCUT2D eigenvalue weighted by atomic mass is 9.86. The van der Waals surface area contributed by atoms with Crippen molar-refractivity contribution in [2.75, 3.05) is 25.0 Å². The Kier molecular flexibility index (Phi) is 7.43. The zero-order valence-corrected chi connectivity index (χ0v) is 17.2. The molecule has 3 amide bonds. The third-order valence-corrected chi connectivity index (χ3v) is 4.72. The summed E-state index contributed by atoms with van der Waals surface area (Å²) in [6, 6.07) is 7.59. The number of anilines is 1. The highest BCUT2D eigenvalue weighted by Crippen LogP contribution is 2.29. The van der Waals surface area contributed by atoms with Crippen LogP contribution in [-0.4, -0.2) is 48.5 Å². The van der Waals surface area contributed by atoms with Crippen LogP contribution in [0.3, 0.4) is 0 Å². The molecule has 0 atom stereocenters. The van der Waals surface area contributed by atoms with E-state index < -0.39 is 0 Å². The number of carbonyl (C=O) groups excluding carboxylic acids is 3. The molecule has 1 aromatic carbocycles. The average Bonchev–Trinajstić information content (AvgIpc) is 2.61. The van der Waals surface area contributed by atoms with E-state index in [1.807, 2.05) is 24.3 Å². The molecule has 154 valence electrons. The number of nitrogens with zero attached hydrogens (tertiary/aromatic N) is 1. The van der Waals surface area contributed by atoms with Crippen LogP contribution in [0.5, 0.6) is 0 Å². The van der Waals surface area contributed by atoms with Crippen LogP contribution in [0.1, 0.15) is 52.5 Å². The van der Waals surface area contributed by atoms with Gasteiger partial charge in [0.2, 0.25) is 11.8 Å². The standard InChI is InChI=1S/C21H31N3O4/c1-5-28-20(27)24-12-10-15(11-13-24)22-18(25)14-19(26)23-17-9-7-6-8-16(17)21(2,3)4/h6-9,15H,5,10-14H2,1-4H3,(H,22,25)(H,23,26). The van der Waals surface area contributed by atoms with Crippen LogP contribution in [0.25, 0.3) is 0 Å². The van der Waals surface area contributed by atoms with Crippen LogP contribution in [0.4, 0.5) is 10.5 Å². The smallest absolute Gasteiger partial charge is 0.409 e. The van der Waals surface area contributed by atoms with Gasteiger partial charge in [0.05, 0.1) is 6.61 Å². The number of nitrogens with one attached hydrogen (secondary N) is 2. The molecule has 28 heavy (non-hydrogen) atoms. The van der Waals surface area contributed by atoms with Crippen molar-refractivity contribution in [3.8, 4) is 0 Å². The first-order chi connectivity index (χ1) is 13.2. The molecule has 0 bridgehead atoms. The summed E-state index contributed by atoms with van der Waals surface area (Å²) in [6.07, 6.45) is 0.762. The van der Waals surface area contributed by atoms with E-state index in [0.717, 1.165) is 11.3 Å². The maximum atomic E-state index is 12.3. The fraction of sp³-hybridized carbons (Fsp3) is 0.571. The van der Waals surface area contributed by atoms with E-state index in [9.17, 15) is 14.4 Å². The fourth-order valence-electron chi connectivity index (χ4n) is 3.29. The largest absolute Gasteiger partial charge is 0.450 e. The number of piperidine rings is 1.